The Morgan fingerprint density at radius 2 is 1.94 bits per heavy atom. The highest BCUT2D eigenvalue weighted by atomic mass is 32.2. The Morgan fingerprint density at radius 1 is 1.19 bits per heavy atom. The van der Waals surface area contributed by atoms with Gasteiger partial charge in [-0.25, -0.2) is 0 Å². The lowest BCUT2D eigenvalue weighted by Gasteiger charge is -2.35. The molecular weight excluding hydrogens is 216 g/mol. The molecule has 1 saturated carbocycles. The Labute approximate surface area is 104 Å². The van der Waals surface area contributed by atoms with E-state index in [-0.39, 0.29) is 0 Å². The van der Waals surface area contributed by atoms with Gasteiger partial charge in [-0.2, -0.15) is 11.8 Å². The van der Waals surface area contributed by atoms with Crippen molar-refractivity contribution >= 4 is 11.8 Å². The lowest BCUT2D eigenvalue weighted by Crippen LogP contribution is -2.40. The van der Waals surface area contributed by atoms with E-state index in [0.29, 0.717) is 0 Å². The van der Waals surface area contributed by atoms with E-state index in [1.54, 1.807) is 0 Å². The second kappa shape index (κ2) is 6.27. The molecule has 2 rings (SSSR count). The van der Waals surface area contributed by atoms with Gasteiger partial charge < -0.3 is 10.6 Å². The van der Waals surface area contributed by atoms with Gasteiger partial charge in [0.05, 0.1) is 0 Å². The van der Waals surface area contributed by atoms with Gasteiger partial charge in [-0.15, -0.1) is 0 Å². The topological polar surface area (TPSA) is 29.3 Å². The minimum absolute atomic E-state index is 0.797. The molecule has 0 aromatic rings. The SMILES string of the molecule is CN(CC1CCCCC1CN)C1CCSC1. The van der Waals surface area contributed by atoms with Crippen molar-refractivity contribution in [3.63, 3.8) is 0 Å². The molecule has 0 aromatic carbocycles. The molecule has 1 saturated heterocycles. The highest BCUT2D eigenvalue weighted by molar-refractivity contribution is 7.99. The van der Waals surface area contributed by atoms with Crippen LogP contribution in [0.25, 0.3) is 0 Å². The van der Waals surface area contributed by atoms with E-state index in [1.165, 1.54) is 50.2 Å². The zero-order chi connectivity index (χ0) is 11.4. The Hall–Kier alpha value is 0.270. The summed E-state index contributed by atoms with van der Waals surface area (Å²) in [6.45, 7) is 2.19. The van der Waals surface area contributed by atoms with Crippen molar-refractivity contribution in [2.45, 2.75) is 38.1 Å². The monoisotopic (exact) mass is 242 g/mol. The zero-order valence-electron chi connectivity index (χ0n) is 10.5. The van der Waals surface area contributed by atoms with Crippen LogP contribution in [0.4, 0.5) is 0 Å². The van der Waals surface area contributed by atoms with Crippen molar-refractivity contribution in [3.05, 3.63) is 0 Å². The van der Waals surface area contributed by atoms with Gasteiger partial charge in [-0.05, 0) is 50.4 Å². The molecule has 3 heteroatoms. The lowest BCUT2D eigenvalue weighted by atomic mass is 9.79. The minimum Gasteiger partial charge on any atom is -0.330 e. The molecule has 3 atom stereocenters. The van der Waals surface area contributed by atoms with Crippen LogP contribution in [-0.4, -0.2) is 42.6 Å². The molecule has 1 aliphatic carbocycles. The van der Waals surface area contributed by atoms with Gasteiger partial charge in [0.15, 0.2) is 0 Å². The van der Waals surface area contributed by atoms with E-state index >= 15 is 0 Å². The first-order chi connectivity index (χ1) is 7.81. The highest BCUT2D eigenvalue weighted by Crippen LogP contribution is 2.31. The van der Waals surface area contributed by atoms with Crippen molar-refractivity contribution in [1.82, 2.24) is 4.90 Å². The average Bonchev–Trinajstić information content (AvgIpc) is 2.83. The molecule has 2 fully saturated rings. The summed E-state index contributed by atoms with van der Waals surface area (Å²) in [6, 6.07) is 0.838. The van der Waals surface area contributed by atoms with Gasteiger partial charge >= 0.3 is 0 Å². The summed E-state index contributed by atoms with van der Waals surface area (Å²) in [7, 11) is 2.32. The normalized spacial score (nSPS) is 35.8. The Morgan fingerprint density at radius 3 is 2.56 bits per heavy atom. The Balaban J connectivity index is 1.81. The molecule has 2 N–H and O–H groups in total. The molecule has 16 heavy (non-hydrogen) atoms. The first-order valence-corrected chi connectivity index (χ1v) is 7.94. The fourth-order valence-electron chi connectivity index (χ4n) is 3.22. The van der Waals surface area contributed by atoms with Crippen molar-refractivity contribution in [2.24, 2.45) is 17.6 Å². The van der Waals surface area contributed by atoms with Gasteiger partial charge in [-0.1, -0.05) is 12.8 Å². The zero-order valence-corrected chi connectivity index (χ0v) is 11.3. The number of hydrogen-bond acceptors (Lipinski definition) is 3. The maximum atomic E-state index is 5.90. The molecule has 1 aliphatic heterocycles. The predicted molar refractivity (Wildman–Crippen MR) is 72.9 cm³/mol. The minimum atomic E-state index is 0.797. The second-order valence-corrected chi connectivity index (χ2v) is 6.65. The third-order valence-electron chi connectivity index (χ3n) is 4.42. The predicted octanol–water partition coefficient (Wildman–Crippen LogP) is 2.19. The maximum Gasteiger partial charge on any atom is 0.0191 e. The molecule has 1 heterocycles. The summed E-state index contributed by atoms with van der Waals surface area (Å²) in [6.07, 6.45) is 7.00. The van der Waals surface area contributed by atoms with Crippen LogP contribution < -0.4 is 5.73 Å². The van der Waals surface area contributed by atoms with E-state index in [4.69, 9.17) is 5.73 Å². The van der Waals surface area contributed by atoms with Gasteiger partial charge in [0, 0.05) is 18.3 Å². The molecule has 0 amide bonds. The summed E-state index contributed by atoms with van der Waals surface area (Å²) in [5.41, 5.74) is 5.90. The molecule has 2 aliphatic rings. The van der Waals surface area contributed by atoms with E-state index in [1.807, 2.05) is 0 Å². The largest absolute Gasteiger partial charge is 0.330 e. The van der Waals surface area contributed by atoms with Crippen LogP contribution in [0.1, 0.15) is 32.1 Å². The summed E-state index contributed by atoms with van der Waals surface area (Å²) < 4.78 is 0. The van der Waals surface area contributed by atoms with Crippen LogP contribution in [0, 0.1) is 11.8 Å². The van der Waals surface area contributed by atoms with Crippen LogP contribution in [0.3, 0.4) is 0 Å². The first kappa shape index (κ1) is 12.7. The van der Waals surface area contributed by atoms with Gasteiger partial charge in [0.1, 0.15) is 0 Å². The smallest absolute Gasteiger partial charge is 0.0191 e. The lowest BCUT2D eigenvalue weighted by molar-refractivity contribution is 0.150. The second-order valence-electron chi connectivity index (χ2n) is 5.50. The summed E-state index contributed by atoms with van der Waals surface area (Å²) >= 11 is 2.11. The number of nitrogens with two attached hydrogens (primary N) is 1. The van der Waals surface area contributed by atoms with Crippen LogP contribution in [-0.2, 0) is 0 Å². The van der Waals surface area contributed by atoms with Crippen LogP contribution >= 0.6 is 11.8 Å². The van der Waals surface area contributed by atoms with E-state index < -0.39 is 0 Å². The van der Waals surface area contributed by atoms with Crippen molar-refractivity contribution in [1.29, 1.82) is 0 Å². The van der Waals surface area contributed by atoms with Crippen LogP contribution in [0.2, 0.25) is 0 Å². The van der Waals surface area contributed by atoms with E-state index in [0.717, 1.165) is 24.4 Å². The molecule has 3 unspecified atom stereocenters. The van der Waals surface area contributed by atoms with Gasteiger partial charge in [0.2, 0.25) is 0 Å². The molecule has 0 bridgehead atoms. The highest BCUT2D eigenvalue weighted by Gasteiger charge is 2.28. The number of nitrogens with zero attached hydrogens (tertiary/aromatic N) is 1. The van der Waals surface area contributed by atoms with Crippen molar-refractivity contribution in [3.8, 4) is 0 Å². The first-order valence-electron chi connectivity index (χ1n) is 6.79. The quantitative estimate of drug-likeness (QED) is 0.819. The van der Waals surface area contributed by atoms with E-state index in [9.17, 15) is 0 Å². The molecule has 0 spiro atoms. The molecule has 94 valence electrons. The van der Waals surface area contributed by atoms with Crippen LogP contribution in [0.15, 0.2) is 0 Å². The number of thioether (sulfide) groups is 1. The maximum absolute atomic E-state index is 5.90. The third kappa shape index (κ3) is 3.14. The van der Waals surface area contributed by atoms with Crippen LogP contribution in [0.5, 0.6) is 0 Å². The number of hydrogen-bond donors (Lipinski definition) is 1. The fourth-order valence-corrected chi connectivity index (χ4v) is 4.52. The summed E-state index contributed by atoms with van der Waals surface area (Å²) in [4.78, 5) is 2.61. The van der Waals surface area contributed by atoms with E-state index in [2.05, 4.69) is 23.7 Å². The molecule has 0 aromatic heterocycles. The van der Waals surface area contributed by atoms with Gasteiger partial charge in [-0.3, -0.25) is 0 Å². The number of rotatable bonds is 4. The average molecular weight is 242 g/mol. The third-order valence-corrected chi connectivity index (χ3v) is 5.57. The van der Waals surface area contributed by atoms with Crippen molar-refractivity contribution in [2.75, 3.05) is 31.6 Å². The summed E-state index contributed by atoms with van der Waals surface area (Å²) in [5.74, 6) is 4.37. The fraction of sp³-hybridized carbons (Fsp3) is 1.00. The summed E-state index contributed by atoms with van der Waals surface area (Å²) in [5, 5.41) is 0. The molecule has 0 radical (unpaired) electrons. The standard InChI is InChI=1S/C13H26N2S/c1-15(13-6-7-16-10-13)9-12-5-3-2-4-11(12)8-14/h11-13H,2-10,14H2,1H3. The Bertz CT molecular complexity index is 204. The Kier molecular flexibility index (Phi) is 4.98. The van der Waals surface area contributed by atoms with Crippen molar-refractivity contribution < 1.29 is 0 Å². The molecular formula is C13H26N2S. The molecule has 2 nitrogen and oxygen atoms in total. The van der Waals surface area contributed by atoms with Gasteiger partial charge in [0.25, 0.3) is 0 Å².